The molecular formula is C19H23F2N3O. The number of benzene rings is 2. The van der Waals surface area contributed by atoms with Crippen molar-refractivity contribution in [1.82, 2.24) is 10.6 Å². The number of nitrogens with one attached hydrogen (secondary N) is 2. The Bertz CT molecular complexity index is 720. The van der Waals surface area contributed by atoms with Crippen LogP contribution in [0.15, 0.2) is 47.5 Å². The second kappa shape index (κ2) is 9.74. The highest BCUT2D eigenvalue weighted by molar-refractivity contribution is 5.79. The van der Waals surface area contributed by atoms with Gasteiger partial charge in [-0.3, -0.25) is 4.99 Å². The largest absolute Gasteiger partial charge is 0.380 e. The molecule has 0 atom stereocenters. The van der Waals surface area contributed by atoms with Gasteiger partial charge in [-0.25, -0.2) is 8.78 Å². The average Bonchev–Trinajstić information content (AvgIpc) is 2.62. The van der Waals surface area contributed by atoms with Crippen LogP contribution in [0.3, 0.4) is 0 Å². The van der Waals surface area contributed by atoms with Crippen LogP contribution in [0.5, 0.6) is 0 Å². The second-order valence-electron chi connectivity index (χ2n) is 5.55. The van der Waals surface area contributed by atoms with Crippen LogP contribution in [0.25, 0.3) is 0 Å². The maximum atomic E-state index is 13.6. The van der Waals surface area contributed by atoms with Gasteiger partial charge in [-0.1, -0.05) is 24.3 Å². The van der Waals surface area contributed by atoms with E-state index in [4.69, 9.17) is 4.74 Å². The SMILES string of the molecule is CN=C(NCCc1ccccc1F)NCc1ccc(F)c(COC)c1. The van der Waals surface area contributed by atoms with Gasteiger partial charge in [0, 0.05) is 32.8 Å². The number of ether oxygens (including phenoxy) is 1. The quantitative estimate of drug-likeness (QED) is 0.598. The second-order valence-corrected chi connectivity index (χ2v) is 5.55. The summed E-state index contributed by atoms with van der Waals surface area (Å²) in [5, 5.41) is 6.30. The molecule has 0 unspecified atom stereocenters. The Hall–Kier alpha value is -2.47. The van der Waals surface area contributed by atoms with Crippen molar-refractivity contribution in [2.45, 2.75) is 19.6 Å². The van der Waals surface area contributed by atoms with Crippen molar-refractivity contribution >= 4 is 5.96 Å². The molecule has 2 rings (SSSR count). The van der Waals surface area contributed by atoms with Gasteiger partial charge in [0.15, 0.2) is 5.96 Å². The molecule has 0 bridgehead atoms. The summed E-state index contributed by atoms with van der Waals surface area (Å²) in [5.41, 5.74) is 2.10. The molecule has 2 aromatic rings. The number of nitrogens with zero attached hydrogens (tertiary/aromatic N) is 1. The highest BCUT2D eigenvalue weighted by atomic mass is 19.1. The van der Waals surface area contributed by atoms with Crippen LogP contribution in [-0.2, 0) is 24.3 Å². The topological polar surface area (TPSA) is 45.7 Å². The Kier molecular flexibility index (Phi) is 7.35. The standard InChI is InChI=1S/C19H23F2N3O/c1-22-19(23-10-9-15-5-3-4-6-17(15)20)24-12-14-7-8-18(21)16(11-14)13-25-2/h3-8,11H,9-10,12-13H2,1-2H3,(H2,22,23,24). The first kappa shape index (κ1) is 18.9. The van der Waals surface area contributed by atoms with E-state index in [1.165, 1.54) is 19.2 Å². The van der Waals surface area contributed by atoms with Gasteiger partial charge in [0.05, 0.1) is 6.61 Å². The lowest BCUT2D eigenvalue weighted by atomic mass is 10.1. The molecule has 0 saturated carbocycles. The Labute approximate surface area is 146 Å². The molecule has 2 aromatic carbocycles. The fraction of sp³-hybridized carbons (Fsp3) is 0.316. The molecule has 0 heterocycles. The van der Waals surface area contributed by atoms with E-state index in [9.17, 15) is 8.78 Å². The highest BCUT2D eigenvalue weighted by Gasteiger charge is 2.05. The molecule has 0 saturated heterocycles. The zero-order valence-electron chi connectivity index (χ0n) is 14.5. The molecule has 0 spiro atoms. The van der Waals surface area contributed by atoms with Crippen molar-refractivity contribution < 1.29 is 13.5 Å². The Morgan fingerprint density at radius 2 is 1.80 bits per heavy atom. The summed E-state index contributed by atoms with van der Waals surface area (Å²) in [6.07, 6.45) is 0.557. The van der Waals surface area contributed by atoms with Crippen molar-refractivity contribution in [3.63, 3.8) is 0 Å². The summed E-state index contributed by atoms with van der Waals surface area (Å²) in [6.45, 7) is 1.28. The Morgan fingerprint density at radius 3 is 2.52 bits per heavy atom. The molecule has 0 amide bonds. The third-order valence-corrected chi connectivity index (χ3v) is 3.74. The molecule has 0 fully saturated rings. The zero-order chi connectivity index (χ0) is 18.1. The lowest BCUT2D eigenvalue weighted by molar-refractivity contribution is 0.181. The van der Waals surface area contributed by atoms with Crippen molar-refractivity contribution in [3.8, 4) is 0 Å². The monoisotopic (exact) mass is 347 g/mol. The molecular weight excluding hydrogens is 324 g/mol. The third-order valence-electron chi connectivity index (χ3n) is 3.74. The minimum atomic E-state index is -0.280. The zero-order valence-corrected chi connectivity index (χ0v) is 14.5. The van der Waals surface area contributed by atoms with Crippen LogP contribution in [-0.4, -0.2) is 26.7 Å². The van der Waals surface area contributed by atoms with Gasteiger partial charge in [-0.05, 0) is 35.7 Å². The molecule has 0 aliphatic carbocycles. The number of hydrogen-bond acceptors (Lipinski definition) is 2. The summed E-state index contributed by atoms with van der Waals surface area (Å²) < 4.78 is 32.2. The van der Waals surface area contributed by atoms with Crippen LogP contribution in [0.4, 0.5) is 8.78 Å². The number of guanidine groups is 1. The maximum absolute atomic E-state index is 13.6. The fourth-order valence-corrected chi connectivity index (χ4v) is 2.43. The van der Waals surface area contributed by atoms with E-state index in [0.717, 1.165) is 5.56 Å². The molecule has 4 nitrogen and oxygen atoms in total. The van der Waals surface area contributed by atoms with Crippen molar-refractivity contribution in [2.75, 3.05) is 20.7 Å². The number of halogens is 2. The van der Waals surface area contributed by atoms with E-state index in [1.54, 1.807) is 31.3 Å². The van der Waals surface area contributed by atoms with E-state index >= 15 is 0 Å². The molecule has 0 aromatic heterocycles. The Morgan fingerprint density at radius 1 is 1.04 bits per heavy atom. The predicted molar refractivity (Wildman–Crippen MR) is 95.4 cm³/mol. The minimum Gasteiger partial charge on any atom is -0.380 e. The van der Waals surface area contributed by atoms with Crippen LogP contribution >= 0.6 is 0 Å². The minimum absolute atomic E-state index is 0.204. The summed E-state index contributed by atoms with van der Waals surface area (Å²) in [7, 11) is 3.20. The lowest BCUT2D eigenvalue weighted by Crippen LogP contribution is -2.37. The van der Waals surface area contributed by atoms with E-state index < -0.39 is 0 Å². The maximum Gasteiger partial charge on any atom is 0.191 e. The highest BCUT2D eigenvalue weighted by Crippen LogP contribution is 2.11. The first-order valence-electron chi connectivity index (χ1n) is 8.08. The van der Waals surface area contributed by atoms with E-state index in [0.29, 0.717) is 36.6 Å². The number of aliphatic imine (C=N–C) groups is 1. The summed E-state index contributed by atoms with van der Waals surface area (Å²) in [4.78, 5) is 4.13. The van der Waals surface area contributed by atoms with E-state index in [2.05, 4.69) is 15.6 Å². The van der Waals surface area contributed by atoms with Gasteiger partial charge in [0.25, 0.3) is 0 Å². The van der Waals surface area contributed by atoms with Crippen molar-refractivity contribution in [2.24, 2.45) is 4.99 Å². The first-order valence-corrected chi connectivity index (χ1v) is 8.08. The van der Waals surface area contributed by atoms with Gasteiger partial charge in [0.2, 0.25) is 0 Å². The molecule has 6 heteroatoms. The predicted octanol–water partition coefficient (Wildman–Crippen LogP) is 3.02. The number of rotatable bonds is 7. The fourth-order valence-electron chi connectivity index (χ4n) is 2.43. The van der Waals surface area contributed by atoms with Gasteiger partial charge >= 0.3 is 0 Å². The lowest BCUT2D eigenvalue weighted by Gasteiger charge is -2.13. The van der Waals surface area contributed by atoms with Crippen LogP contribution in [0.2, 0.25) is 0 Å². The first-order chi connectivity index (χ1) is 12.1. The van der Waals surface area contributed by atoms with Gasteiger partial charge in [-0.15, -0.1) is 0 Å². The van der Waals surface area contributed by atoms with Crippen LogP contribution < -0.4 is 10.6 Å². The molecule has 25 heavy (non-hydrogen) atoms. The average molecular weight is 347 g/mol. The van der Waals surface area contributed by atoms with Gasteiger partial charge < -0.3 is 15.4 Å². The number of methoxy groups -OCH3 is 1. The molecule has 0 aliphatic heterocycles. The summed E-state index contributed by atoms with van der Waals surface area (Å²) in [6, 6.07) is 11.6. The van der Waals surface area contributed by atoms with E-state index in [1.807, 2.05) is 6.07 Å². The molecule has 2 N–H and O–H groups in total. The molecule has 0 radical (unpaired) electrons. The van der Waals surface area contributed by atoms with Crippen molar-refractivity contribution in [1.29, 1.82) is 0 Å². The molecule has 0 aliphatic rings. The molecule has 134 valence electrons. The summed E-state index contributed by atoms with van der Waals surface area (Å²) in [5.74, 6) is 0.121. The van der Waals surface area contributed by atoms with E-state index in [-0.39, 0.29) is 18.2 Å². The van der Waals surface area contributed by atoms with Gasteiger partial charge in [-0.2, -0.15) is 0 Å². The smallest absolute Gasteiger partial charge is 0.191 e. The normalized spacial score (nSPS) is 11.4. The van der Waals surface area contributed by atoms with Crippen LogP contribution in [0, 0.1) is 11.6 Å². The number of hydrogen-bond donors (Lipinski definition) is 2. The Balaban J connectivity index is 1.84. The summed E-state index contributed by atoms with van der Waals surface area (Å²) >= 11 is 0. The third kappa shape index (κ3) is 5.83. The van der Waals surface area contributed by atoms with Crippen molar-refractivity contribution in [3.05, 3.63) is 70.8 Å². The van der Waals surface area contributed by atoms with Crippen LogP contribution in [0.1, 0.15) is 16.7 Å². The van der Waals surface area contributed by atoms with Gasteiger partial charge in [0.1, 0.15) is 11.6 Å².